The Hall–Kier alpha value is -3.53. The number of nitrogens with one attached hydrogen (secondary N) is 2. The van der Waals surface area contributed by atoms with Crippen LogP contribution in [0.25, 0.3) is 11.3 Å². The van der Waals surface area contributed by atoms with Crippen LogP contribution in [0.4, 0.5) is 24.9 Å². The first-order valence-electron chi connectivity index (χ1n) is 10.7. The lowest BCUT2D eigenvalue weighted by molar-refractivity contribution is -0.274. The van der Waals surface area contributed by atoms with Crippen molar-refractivity contribution in [2.45, 2.75) is 32.8 Å². The fraction of sp³-hybridized carbons (Fsp3) is 0.333. The fourth-order valence-corrected chi connectivity index (χ4v) is 3.17. The summed E-state index contributed by atoms with van der Waals surface area (Å²) in [7, 11) is 1.59. The lowest BCUT2D eigenvalue weighted by Crippen LogP contribution is -2.30. The number of anilines is 2. The standard InChI is InChI=1S/C24H27F3N4O3/c1-15(2)21(14-32)30-23-29-20(17-7-5-9-19(11-17)34-24(25,26)27)12-22(31-23)28-13-16-6-4-8-18(10-16)33-3/h4-12,15,21,32H,13-14H2,1-3H3,(H2,28,29,30,31)/t21-/m1/s1. The van der Waals surface area contributed by atoms with Gasteiger partial charge in [-0.3, -0.25) is 0 Å². The number of alkyl halides is 3. The number of ether oxygens (including phenoxy) is 2. The van der Waals surface area contributed by atoms with Crippen molar-refractivity contribution in [3.05, 3.63) is 60.2 Å². The van der Waals surface area contributed by atoms with Crippen LogP contribution in [0.15, 0.2) is 54.6 Å². The second-order valence-electron chi connectivity index (χ2n) is 7.92. The van der Waals surface area contributed by atoms with Crippen molar-refractivity contribution in [2.24, 2.45) is 5.92 Å². The summed E-state index contributed by atoms with van der Waals surface area (Å²) in [5.74, 6) is 1.15. The molecule has 3 rings (SSSR count). The molecule has 182 valence electrons. The van der Waals surface area contributed by atoms with Crippen molar-refractivity contribution in [3.63, 3.8) is 0 Å². The molecule has 1 heterocycles. The Morgan fingerprint density at radius 1 is 1.00 bits per heavy atom. The highest BCUT2D eigenvalue weighted by molar-refractivity contribution is 5.66. The minimum absolute atomic E-state index is 0.0916. The number of rotatable bonds is 10. The van der Waals surface area contributed by atoms with Gasteiger partial charge in [0, 0.05) is 18.2 Å². The largest absolute Gasteiger partial charge is 0.573 e. The summed E-state index contributed by atoms with van der Waals surface area (Å²) < 4.78 is 47.3. The average Bonchev–Trinajstić information content (AvgIpc) is 2.80. The van der Waals surface area contributed by atoms with E-state index in [-0.39, 0.29) is 30.3 Å². The highest BCUT2D eigenvalue weighted by Gasteiger charge is 2.31. The van der Waals surface area contributed by atoms with Gasteiger partial charge in [0.1, 0.15) is 17.3 Å². The molecule has 0 amide bonds. The third kappa shape index (κ3) is 7.24. The number of nitrogens with zero attached hydrogens (tertiary/aromatic N) is 2. The molecule has 3 aromatic rings. The molecule has 10 heteroatoms. The number of aliphatic hydroxyl groups excluding tert-OH is 1. The van der Waals surface area contributed by atoms with Crippen LogP contribution in [-0.2, 0) is 6.54 Å². The lowest BCUT2D eigenvalue weighted by atomic mass is 10.1. The molecule has 34 heavy (non-hydrogen) atoms. The summed E-state index contributed by atoms with van der Waals surface area (Å²) in [5, 5.41) is 16.0. The number of hydrogen-bond donors (Lipinski definition) is 3. The lowest BCUT2D eigenvalue weighted by Gasteiger charge is -2.21. The summed E-state index contributed by atoms with van der Waals surface area (Å²) in [6.45, 7) is 4.18. The van der Waals surface area contributed by atoms with Crippen LogP contribution in [-0.4, -0.2) is 41.2 Å². The smallest absolute Gasteiger partial charge is 0.497 e. The monoisotopic (exact) mass is 476 g/mol. The van der Waals surface area contributed by atoms with Crippen LogP contribution in [0.1, 0.15) is 19.4 Å². The zero-order valence-corrected chi connectivity index (χ0v) is 19.1. The first kappa shape index (κ1) is 25.1. The maximum absolute atomic E-state index is 12.7. The number of benzene rings is 2. The molecule has 1 atom stereocenters. The Bertz CT molecular complexity index is 1090. The van der Waals surface area contributed by atoms with E-state index < -0.39 is 6.36 Å². The quantitative estimate of drug-likeness (QED) is 0.376. The number of aromatic nitrogens is 2. The second kappa shape index (κ2) is 11.1. The van der Waals surface area contributed by atoms with Crippen LogP contribution >= 0.6 is 0 Å². The maximum Gasteiger partial charge on any atom is 0.573 e. The third-order valence-corrected chi connectivity index (χ3v) is 5.01. The molecule has 0 saturated heterocycles. The highest BCUT2D eigenvalue weighted by atomic mass is 19.4. The van der Waals surface area contributed by atoms with E-state index in [0.717, 1.165) is 5.56 Å². The summed E-state index contributed by atoms with van der Waals surface area (Å²) in [6, 6.07) is 14.4. The van der Waals surface area contributed by atoms with E-state index in [1.54, 1.807) is 19.2 Å². The van der Waals surface area contributed by atoms with Crippen molar-refractivity contribution in [1.29, 1.82) is 0 Å². The Balaban J connectivity index is 1.93. The molecule has 1 aromatic heterocycles. The first-order chi connectivity index (χ1) is 16.2. The summed E-state index contributed by atoms with van der Waals surface area (Å²) in [4.78, 5) is 8.95. The third-order valence-electron chi connectivity index (χ3n) is 5.01. The number of hydrogen-bond acceptors (Lipinski definition) is 7. The molecule has 7 nitrogen and oxygen atoms in total. The first-order valence-corrected chi connectivity index (χ1v) is 10.7. The van der Waals surface area contributed by atoms with Crippen LogP contribution < -0.4 is 20.1 Å². The zero-order chi connectivity index (χ0) is 24.7. The van der Waals surface area contributed by atoms with Crippen LogP contribution in [0, 0.1) is 5.92 Å². The van der Waals surface area contributed by atoms with Gasteiger partial charge in [0.2, 0.25) is 5.95 Å². The van der Waals surface area contributed by atoms with Gasteiger partial charge in [-0.15, -0.1) is 13.2 Å². The summed E-state index contributed by atoms with van der Waals surface area (Å²) in [5.41, 5.74) is 1.76. The van der Waals surface area contributed by atoms with E-state index in [0.29, 0.717) is 29.4 Å². The Morgan fingerprint density at radius 3 is 2.41 bits per heavy atom. The van der Waals surface area contributed by atoms with Crippen molar-refractivity contribution < 1.29 is 27.8 Å². The number of halogens is 3. The molecule has 0 radical (unpaired) electrons. The molecular formula is C24H27F3N4O3. The summed E-state index contributed by atoms with van der Waals surface area (Å²) in [6.07, 6.45) is -4.80. The fourth-order valence-electron chi connectivity index (χ4n) is 3.17. The zero-order valence-electron chi connectivity index (χ0n) is 19.1. The molecule has 2 aromatic carbocycles. The van der Waals surface area contributed by atoms with Crippen LogP contribution in [0.2, 0.25) is 0 Å². The number of methoxy groups -OCH3 is 1. The van der Waals surface area contributed by atoms with E-state index in [1.807, 2.05) is 38.1 Å². The van der Waals surface area contributed by atoms with Gasteiger partial charge in [0.15, 0.2) is 0 Å². The minimum atomic E-state index is -4.80. The van der Waals surface area contributed by atoms with Gasteiger partial charge in [-0.25, -0.2) is 4.98 Å². The van der Waals surface area contributed by atoms with E-state index in [1.165, 1.54) is 18.2 Å². The molecule has 0 aliphatic heterocycles. The minimum Gasteiger partial charge on any atom is -0.497 e. The topological polar surface area (TPSA) is 88.5 Å². The van der Waals surface area contributed by atoms with Gasteiger partial charge in [-0.2, -0.15) is 4.98 Å². The SMILES string of the molecule is COc1cccc(CNc2cc(-c3cccc(OC(F)(F)F)c3)nc(N[C@H](CO)C(C)C)n2)c1. The van der Waals surface area contributed by atoms with Gasteiger partial charge in [0.05, 0.1) is 25.5 Å². The van der Waals surface area contributed by atoms with E-state index in [4.69, 9.17) is 4.74 Å². The van der Waals surface area contributed by atoms with E-state index in [9.17, 15) is 18.3 Å². The Labute approximate surface area is 196 Å². The molecule has 0 fully saturated rings. The average molecular weight is 476 g/mol. The predicted octanol–water partition coefficient (Wildman–Crippen LogP) is 5.09. The van der Waals surface area contributed by atoms with Gasteiger partial charge in [-0.05, 0) is 35.7 Å². The van der Waals surface area contributed by atoms with Crippen molar-refractivity contribution in [1.82, 2.24) is 9.97 Å². The molecule has 0 unspecified atom stereocenters. The van der Waals surface area contributed by atoms with Crippen LogP contribution in [0.5, 0.6) is 11.5 Å². The summed E-state index contributed by atoms with van der Waals surface area (Å²) >= 11 is 0. The normalized spacial score (nSPS) is 12.4. The van der Waals surface area contributed by atoms with E-state index in [2.05, 4.69) is 25.3 Å². The van der Waals surface area contributed by atoms with Gasteiger partial charge < -0.3 is 25.2 Å². The number of aliphatic hydroxyl groups is 1. The molecule has 0 spiro atoms. The van der Waals surface area contributed by atoms with Crippen molar-refractivity contribution >= 4 is 11.8 Å². The highest BCUT2D eigenvalue weighted by Crippen LogP contribution is 2.29. The molecular weight excluding hydrogens is 449 g/mol. The molecule has 0 aliphatic carbocycles. The Kier molecular flexibility index (Phi) is 8.17. The van der Waals surface area contributed by atoms with Gasteiger partial charge in [0.25, 0.3) is 0 Å². The Morgan fingerprint density at radius 2 is 1.74 bits per heavy atom. The van der Waals surface area contributed by atoms with E-state index >= 15 is 0 Å². The van der Waals surface area contributed by atoms with Crippen LogP contribution in [0.3, 0.4) is 0 Å². The second-order valence-corrected chi connectivity index (χ2v) is 7.92. The molecule has 0 bridgehead atoms. The maximum atomic E-state index is 12.7. The van der Waals surface area contributed by atoms with Gasteiger partial charge >= 0.3 is 6.36 Å². The predicted molar refractivity (Wildman–Crippen MR) is 124 cm³/mol. The molecule has 3 N–H and O–H groups in total. The van der Waals surface area contributed by atoms with Crippen molar-refractivity contribution in [2.75, 3.05) is 24.4 Å². The molecule has 0 aliphatic rings. The van der Waals surface area contributed by atoms with Crippen molar-refractivity contribution in [3.8, 4) is 22.8 Å². The van der Waals surface area contributed by atoms with Gasteiger partial charge in [-0.1, -0.05) is 38.1 Å². The molecule has 0 saturated carbocycles.